The van der Waals surface area contributed by atoms with Crippen LogP contribution in [0, 0.1) is 0 Å². The lowest BCUT2D eigenvalue weighted by atomic mass is 10.1. The van der Waals surface area contributed by atoms with Gasteiger partial charge in [-0.25, -0.2) is 0 Å². The molecular formula is C28H29NO7. The Bertz CT molecular complexity index is 1260. The second-order valence-electron chi connectivity index (χ2n) is 7.47. The summed E-state index contributed by atoms with van der Waals surface area (Å²) >= 11 is 0. The Hall–Kier alpha value is -4.59. The van der Waals surface area contributed by atoms with Crippen LogP contribution in [0.15, 0.2) is 54.6 Å². The highest BCUT2D eigenvalue weighted by Gasteiger charge is 2.16. The third kappa shape index (κ3) is 6.09. The topological polar surface area (TPSA) is 95.5 Å². The summed E-state index contributed by atoms with van der Waals surface area (Å²) in [5, 5.41) is 12.5. The molecule has 8 heteroatoms. The number of benzene rings is 3. The zero-order valence-electron chi connectivity index (χ0n) is 20.8. The number of anilines is 1. The molecule has 0 aliphatic heterocycles. The van der Waals surface area contributed by atoms with Crippen LogP contribution in [-0.2, 0) is 4.79 Å². The lowest BCUT2D eigenvalue weighted by Gasteiger charge is -2.16. The largest absolute Gasteiger partial charge is 0.508 e. The number of rotatable bonds is 10. The number of ether oxygens (including phenoxy) is 5. The van der Waals surface area contributed by atoms with E-state index in [-0.39, 0.29) is 11.7 Å². The number of aromatic hydroxyl groups is 1. The van der Waals surface area contributed by atoms with E-state index in [1.807, 2.05) is 30.4 Å². The van der Waals surface area contributed by atoms with Crippen LogP contribution in [0.4, 0.5) is 5.69 Å². The normalized spacial score (nSPS) is 10.9. The van der Waals surface area contributed by atoms with Gasteiger partial charge in [0.05, 0.1) is 41.2 Å². The van der Waals surface area contributed by atoms with Gasteiger partial charge in [-0.1, -0.05) is 24.3 Å². The quantitative estimate of drug-likeness (QED) is 0.295. The van der Waals surface area contributed by atoms with E-state index in [1.165, 1.54) is 20.3 Å². The number of hydrogen-bond acceptors (Lipinski definition) is 7. The third-order valence-corrected chi connectivity index (χ3v) is 5.27. The van der Waals surface area contributed by atoms with Crippen LogP contribution in [0.1, 0.15) is 16.7 Å². The summed E-state index contributed by atoms with van der Waals surface area (Å²) in [5.41, 5.74) is 2.59. The van der Waals surface area contributed by atoms with Crippen LogP contribution in [0.25, 0.3) is 18.2 Å². The summed E-state index contributed by atoms with van der Waals surface area (Å²) in [6.45, 7) is 0. The van der Waals surface area contributed by atoms with Gasteiger partial charge in [0.15, 0.2) is 23.0 Å². The van der Waals surface area contributed by atoms with Crippen LogP contribution < -0.4 is 29.0 Å². The molecule has 0 atom stereocenters. The van der Waals surface area contributed by atoms with Gasteiger partial charge in [0, 0.05) is 11.6 Å². The lowest BCUT2D eigenvalue weighted by molar-refractivity contribution is -0.111. The van der Waals surface area contributed by atoms with Gasteiger partial charge in [0.2, 0.25) is 11.7 Å². The lowest BCUT2D eigenvalue weighted by Crippen LogP contribution is -2.11. The Morgan fingerprint density at radius 1 is 0.722 bits per heavy atom. The molecule has 36 heavy (non-hydrogen) atoms. The first-order valence-corrected chi connectivity index (χ1v) is 10.9. The van der Waals surface area contributed by atoms with Crippen molar-refractivity contribution in [3.05, 3.63) is 71.3 Å². The maximum absolute atomic E-state index is 12.8. The van der Waals surface area contributed by atoms with Gasteiger partial charge in [-0.3, -0.25) is 4.79 Å². The van der Waals surface area contributed by atoms with E-state index >= 15 is 0 Å². The third-order valence-electron chi connectivity index (χ3n) is 5.27. The highest BCUT2D eigenvalue weighted by molar-refractivity contribution is 6.04. The van der Waals surface area contributed by atoms with Crippen molar-refractivity contribution in [2.45, 2.75) is 0 Å². The Labute approximate surface area is 210 Å². The van der Waals surface area contributed by atoms with Gasteiger partial charge < -0.3 is 34.1 Å². The Morgan fingerprint density at radius 3 is 1.97 bits per heavy atom. The molecule has 0 aromatic heterocycles. The van der Waals surface area contributed by atoms with Crippen LogP contribution in [-0.4, -0.2) is 46.6 Å². The van der Waals surface area contributed by atoms with Crippen molar-refractivity contribution in [2.75, 3.05) is 40.9 Å². The molecule has 2 N–H and O–H groups in total. The molecule has 0 aliphatic rings. The van der Waals surface area contributed by atoms with Crippen LogP contribution >= 0.6 is 0 Å². The fourth-order valence-electron chi connectivity index (χ4n) is 3.56. The SMILES string of the molecule is COc1cc(C=Cc2ccc(OC)c(OC)c2NC(=O)/C=C/c2cccc(O)c2)cc(OC)c1OC. The van der Waals surface area contributed by atoms with Crippen molar-refractivity contribution in [2.24, 2.45) is 0 Å². The maximum Gasteiger partial charge on any atom is 0.248 e. The second-order valence-corrected chi connectivity index (χ2v) is 7.47. The Kier molecular flexibility index (Phi) is 8.83. The molecule has 0 fully saturated rings. The summed E-state index contributed by atoms with van der Waals surface area (Å²) in [6, 6.07) is 13.8. The van der Waals surface area contributed by atoms with Crippen molar-refractivity contribution in [1.82, 2.24) is 0 Å². The van der Waals surface area contributed by atoms with E-state index in [2.05, 4.69) is 5.32 Å². The van der Waals surface area contributed by atoms with Gasteiger partial charge >= 0.3 is 0 Å². The summed E-state index contributed by atoms with van der Waals surface area (Å²) in [7, 11) is 7.68. The minimum Gasteiger partial charge on any atom is -0.508 e. The van der Waals surface area contributed by atoms with Gasteiger partial charge in [-0.15, -0.1) is 0 Å². The smallest absolute Gasteiger partial charge is 0.248 e. The highest BCUT2D eigenvalue weighted by Crippen LogP contribution is 2.40. The Balaban J connectivity index is 1.97. The van der Waals surface area contributed by atoms with E-state index < -0.39 is 0 Å². The van der Waals surface area contributed by atoms with E-state index in [0.717, 1.165) is 5.56 Å². The number of nitrogens with one attached hydrogen (secondary N) is 1. The number of hydrogen-bond donors (Lipinski definition) is 2. The molecule has 3 aromatic carbocycles. The molecule has 0 spiro atoms. The predicted molar refractivity (Wildman–Crippen MR) is 140 cm³/mol. The first-order chi connectivity index (χ1) is 17.4. The summed E-state index contributed by atoms with van der Waals surface area (Å²) in [5.74, 6) is 2.12. The molecule has 0 saturated carbocycles. The van der Waals surface area contributed by atoms with E-state index in [0.29, 0.717) is 45.6 Å². The average molecular weight is 492 g/mol. The number of carbonyl (C=O) groups is 1. The van der Waals surface area contributed by atoms with Crippen molar-refractivity contribution in [3.8, 4) is 34.5 Å². The number of carbonyl (C=O) groups excluding carboxylic acids is 1. The summed E-state index contributed by atoms with van der Waals surface area (Å²) in [4.78, 5) is 12.8. The van der Waals surface area contributed by atoms with Crippen molar-refractivity contribution in [3.63, 3.8) is 0 Å². The molecule has 188 valence electrons. The number of methoxy groups -OCH3 is 5. The van der Waals surface area contributed by atoms with Crippen LogP contribution in [0.3, 0.4) is 0 Å². The van der Waals surface area contributed by atoms with E-state index in [9.17, 15) is 9.90 Å². The van der Waals surface area contributed by atoms with Crippen molar-refractivity contribution >= 4 is 29.8 Å². The molecule has 0 heterocycles. The fourth-order valence-corrected chi connectivity index (χ4v) is 3.56. The molecule has 0 bridgehead atoms. The summed E-state index contributed by atoms with van der Waals surface area (Å²) in [6.07, 6.45) is 6.66. The number of phenols is 1. The predicted octanol–water partition coefficient (Wildman–Crippen LogP) is 5.26. The Morgan fingerprint density at radius 2 is 1.39 bits per heavy atom. The minimum atomic E-state index is -0.382. The highest BCUT2D eigenvalue weighted by atomic mass is 16.5. The standard InChI is InChI=1S/C28H29NO7/c1-32-22-13-12-20(11-9-19-16-23(33-2)27(35-4)24(17-19)34-3)26(28(22)36-5)29-25(31)14-10-18-7-6-8-21(30)15-18/h6-17,30H,1-5H3,(H,29,31)/b11-9?,14-10+. The molecular weight excluding hydrogens is 462 g/mol. The molecule has 0 aliphatic carbocycles. The monoisotopic (exact) mass is 491 g/mol. The van der Waals surface area contributed by atoms with Crippen LogP contribution in [0.5, 0.6) is 34.5 Å². The van der Waals surface area contributed by atoms with E-state index in [1.54, 1.807) is 57.7 Å². The molecule has 0 unspecified atom stereocenters. The van der Waals surface area contributed by atoms with Crippen LogP contribution in [0.2, 0.25) is 0 Å². The zero-order valence-corrected chi connectivity index (χ0v) is 20.8. The van der Waals surface area contributed by atoms with Gasteiger partial charge in [-0.2, -0.15) is 0 Å². The summed E-state index contributed by atoms with van der Waals surface area (Å²) < 4.78 is 27.2. The van der Waals surface area contributed by atoms with Crippen molar-refractivity contribution < 1.29 is 33.6 Å². The minimum absolute atomic E-state index is 0.117. The molecule has 3 aromatic rings. The van der Waals surface area contributed by atoms with Gasteiger partial charge in [0.1, 0.15) is 5.75 Å². The van der Waals surface area contributed by atoms with Gasteiger partial charge in [-0.05, 0) is 53.6 Å². The van der Waals surface area contributed by atoms with Crippen molar-refractivity contribution in [1.29, 1.82) is 0 Å². The van der Waals surface area contributed by atoms with Gasteiger partial charge in [0.25, 0.3) is 0 Å². The first kappa shape index (κ1) is 26.0. The average Bonchev–Trinajstić information content (AvgIpc) is 2.90. The maximum atomic E-state index is 12.8. The zero-order chi connectivity index (χ0) is 26.1. The molecule has 0 saturated heterocycles. The molecule has 0 radical (unpaired) electrons. The van der Waals surface area contributed by atoms with E-state index in [4.69, 9.17) is 23.7 Å². The molecule has 3 rings (SSSR count). The first-order valence-electron chi connectivity index (χ1n) is 10.9. The molecule has 1 amide bonds. The fraction of sp³-hybridized carbons (Fsp3) is 0.179. The second kappa shape index (κ2) is 12.2. The molecule has 8 nitrogen and oxygen atoms in total. The number of amides is 1. The number of phenolic OH excluding ortho intramolecular Hbond substituents is 1.